The van der Waals surface area contributed by atoms with Crippen molar-refractivity contribution in [1.29, 1.82) is 0 Å². The van der Waals surface area contributed by atoms with Crippen molar-refractivity contribution in [1.82, 2.24) is 0 Å². The van der Waals surface area contributed by atoms with Gasteiger partial charge in [-0.05, 0) is 18.2 Å². The first-order valence-corrected chi connectivity index (χ1v) is 8.54. The largest absolute Gasteiger partial charge is 0.457 e. The molecule has 30 heavy (non-hydrogen) atoms. The van der Waals surface area contributed by atoms with Crippen LogP contribution < -0.4 is 5.73 Å². The third-order valence-electron chi connectivity index (χ3n) is 3.86. The van der Waals surface area contributed by atoms with E-state index < -0.39 is 40.6 Å². The number of carbonyl (C=O) groups excluding carboxylic acids is 2. The smallest absolute Gasteiger partial charge is 0.345 e. The molecule has 0 amide bonds. The van der Waals surface area contributed by atoms with Gasteiger partial charge in [0.15, 0.2) is 0 Å². The summed E-state index contributed by atoms with van der Waals surface area (Å²) < 4.78 is 9.98. The van der Waals surface area contributed by atoms with Crippen LogP contribution >= 0.6 is 0 Å². The minimum atomic E-state index is -1.09. The third kappa shape index (κ3) is 5.69. The number of nitrogens with zero attached hydrogens (tertiary/aromatic N) is 2. The minimum Gasteiger partial charge on any atom is -0.457 e. The van der Waals surface area contributed by atoms with Crippen molar-refractivity contribution in [2.45, 2.75) is 13.2 Å². The van der Waals surface area contributed by atoms with Crippen LogP contribution in [0.4, 0.5) is 11.4 Å². The Kier molecular flexibility index (Phi) is 7.71. The average molecular weight is 415 g/mol. The normalized spacial score (nSPS) is 10.0. The number of nitro benzene ring substituents is 2. The summed E-state index contributed by atoms with van der Waals surface area (Å²) in [5.74, 6) is -2.18. The predicted octanol–water partition coefficient (Wildman–Crippen LogP) is 2.17. The van der Waals surface area contributed by atoms with Crippen molar-refractivity contribution >= 4 is 23.3 Å². The van der Waals surface area contributed by atoms with E-state index in [9.17, 15) is 29.8 Å². The van der Waals surface area contributed by atoms with Crippen LogP contribution in [0.15, 0.2) is 60.2 Å². The molecular formula is C19H17N3O8. The highest BCUT2D eigenvalue weighted by Crippen LogP contribution is 2.20. The number of nitro groups is 2. The van der Waals surface area contributed by atoms with Gasteiger partial charge in [0.1, 0.15) is 18.8 Å². The molecule has 11 nitrogen and oxygen atoms in total. The van der Waals surface area contributed by atoms with E-state index >= 15 is 0 Å². The molecule has 11 heteroatoms. The molecule has 0 aliphatic heterocycles. The molecule has 0 aromatic heterocycles. The molecular weight excluding hydrogens is 398 g/mol. The SMILES string of the molecule is NCC=C(C(=O)OCc1ccccc1[N+](=O)[O-])C(=O)OCc1ccccc1[N+](=O)[O-]. The fourth-order valence-corrected chi connectivity index (χ4v) is 2.43. The van der Waals surface area contributed by atoms with E-state index in [1.807, 2.05) is 0 Å². The Bertz CT molecular complexity index is 927. The van der Waals surface area contributed by atoms with Gasteiger partial charge >= 0.3 is 11.9 Å². The summed E-state index contributed by atoms with van der Waals surface area (Å²) in [4.78, 5) is 45.4. The maximum Gasteiger partial charge on any atom is 0.345 e. The van der Waals surface area contributed by atoms with Gasteiger partial charge in [-0.1, -0.05) is 24.3 Å². The van der Waals surface area contributed by atoms with E-state index in [2.05, 4.69) is 0 Å². The van der Waals surface area contributed by atoms with Crippen LogP contribution in [0.5, 0.6) is 0 Å². The van der Waals surface area contributed by atoms with E-state index in [1.54, 1.807) is 0 Å². The van der Waals surface area contributed by atoms with Crippen molar-refractivity contribution in [2.75, 3.05) is 6.54 Å². The van der Waals surface area contributed by atoms with Crippen LogP contribution in [0.25, 0.3) is 0 Å². The van der Waals surface area contributed by atoms with Crippen LogP contribution in [-0.4, -0.2) is 28.3 Å². The first-order chi connectivity index (χ1) is 14.3. The standard InChI is InChI=1S/C19H17N3O8/c20-10-9-15(18(23)29-11-13-5-1-3-7-16(13)21(25)26)19(24)30-12-14-6-2-4-8-17(14)22(27)28/h1-9H,10-12,20H2. The molecule has 2 N–H and O–H groups in total. The molecule has 0 spiro atoms. The fourth-order valence-electron chi connectivity index (χ4n) is 2.43. The number of rotatable bonds is 9. The summed E-state index contributed by atoms with van der Waals surface area (Å²) in [6, 6.07) is 11.3. The number of para-hydroxylation sites is 2. The summed E-state index contributed by atoms with van der Waals surface area (Å²) >= 11 is 0. The highest BCUT2D eigenvalue weighted by molar-refractivity contribution is 6.14. The van der Waals surface area contributed by atoms with E-state index in [0.717, 1.165) is 6.08 Å². The lowest BCUT2D eigenvalue weighted by Gasteiger charge is -2.09. The zero-order valence-electron chi connectivity index (χ0n) is 15.6. The van der Waals surface area contributed by atoms with Crippen molar-refractivity contribution in [3.05, 3.63) is 91.5 Å². The van der Waals surface area contributed by atoms with E-state index in [4.69, 9.17) is 15.2 Å². The zero-order chi connectivity index (χ0) is 22.1. The van der Waals surface area contributed by atoms with Crippen LogP contribution in [-0.2, 0) is 32.3 Å². The van der Waals surface area contributed by atoms with Gasteiger partial charge in [0.25, 0.3) is 11.4 Å². The average Bonchev–Trinajstić information content (AvgIpc) is 2.74. The van der Waals surface area contributed by atoms with Crippen LogP contribution in [0.3, 0.4) is 0 Å². The van der Waals surface area contributed by atoms with E-state index in [-0.39, 0.29) is 29.0 Å². The number of carbonyl (C=O) groups is 2. The number of esters is 2. The van der Waals surface area contributed by atoms with Crippen LogP contribution in [0, 0.1) is 20.2 Å². The van der Waals surface area contributed by atoms with E-state index in [0.29, 0.717) is 0 Å². The predicted molar refractivity (Wildman–Crippen MR) is 103 cm³/mol. The number of hydrogen-bond donors (Lipinski definition) is 1. The monoisotopic (exact) mass is 415 g/mol. The molecule has 0 aliphatic carbocycles. The maximum absolute atomic E-state index is 12.3. The second-order valence-electron chi connectivity index (χ2n) is 5.78. The first kappa shape index (κ1) is 22.2. The molecule has 2 aromatic rings. The maximum atomic E-state index is 12.3. The highest BCUT2D eigenvalue weighted by atomic mass is 16.6. The number of benzene rings is 2. The summed E-state index contributed by atoms with van der Waals surface area (Å²) in [6.07, 6.45) is 1.07. The van der Waals surface area contributed by atoms with Crippen molar-refractivity contribution in [3.8, 4) is 0 Å². The van der Waals surface area contributed by atoms with Gasteiger partial charge in [0.05, 0.1) is 21.0 Å². The molecule has 0 saturated heterocycles. The Morgan fingerprint density at radius 3 is 1.60 bits per heavy atom. The highest BCUT2D eigenvalue weighted by Gasteiger charge is 2.24. The topological polar surface area (TPSA) is 165 Å². The molecule has 0 unspecified atom stereocenters. The third-order valence-corrected chi connectivity index (χ3v) is 3.86. The fraction of sp³-hybridized carbons (Fsp3) is 0.158. The van der Waals surface area contributed by atoms with Gasteiger partial charge in [-0.25, -0.2) is 9.59 Å². The second kappa shape index (κ2) is 10.4. The summed E-state index contributed by atoms with van der Waals surface area (Å²) in [7, 11) is 0. The molecule has 0 atom stereocenters. The van der Waals surface area contributed by atoms with E-state index in [1.165, 1.54) is 48.5 Å². The molecule has 0 aliphatic rings. The molecule has 2 rings (SSSR count). The molecule has 0 bridgehead atoms. The van der Waals surface area contributed by atoms with Gasteiger partial charge in [0.2, 0.25) is 0 Å². The lowest BCUT2D eigenvalue weighted by Crippen LogP contribution is -2.20. The Morgan fingerprint density at radius 2 is 1.23 bits per heavy atom. The molecule has 156 valence electrons. The van der Waals surface area contributed by atoms with Gasteiger partial charge < -0.3 is 15.2 Å². The molecule has 0 fully saturated rings. The lowest BCUT2D eigenvalue weighted by molar-refractivity contribution is -0.386. The van der Waals surface area contributed by atoms with Crippen LogP contribution in [0.2, 0.25) is 0 Å². The molecule has 0 heterocycles. The summed E-state index contributed by atoms with van der Waals surface area (Å²) in [5, 5.41) is 22.0. The summed E-state index contributed by atoms with van der Waals surface area (Å²) in [6.45, 7) is -1.08. The molecule has 0 saturated carbocycles. The quantitative estimate of drug-likeness (QED) is 0.161. The van der Waals surface area contributed by atoms with Gasteiger partial charge in [-0.15, -0.1) is 0 Å². The van der Waals surface area contributed by atoms with Crippen molar-refractivity contribution < 1.29 is 28.9 Å². The van der Waals surface area contributed by atoms with Gasteiger partial charge in [-0.2, -0.15) is 0 Å². The summed E-state index contributed by atoms with van der Waals surface area (Å²) in [5.41, 5.74) is 4.64. The van der Waals surface area contributed by atoms with Crippen molar-refractivity contribution in [3.63, 3.8) is 0 Å². The first-order valence-electron chi connectivity index (χ1n) is 8.54. The zero-order valence-corrected chi connectivity index (χ0v) is 15.6. The van der Waals surface area contributed by atoms with Gasteiger partial charge in [0, 0.05) is 18.7 Å². The Hall–Kier alpha value is -4.12. The minimum absolute atomic E-state index is 0.135. The Balaban J connectivity index is 2.07. The number of hydrogen-bond acceptors (Lipinski definition) is 9. The Morgan fingerprint density at radius 1 is 0.833 bits per heavy atom. The number of nitrogens with two attached hydrogens (primary N) is 1. The number of ether oxygens (including phenoxy) is 2. The van der Waals surface area contributed by atoms with Crippen molar-refractivity contribution in [2.24, 2.45) is 5.73 Å². The van der Waals surface area contributed by atoms with Gasteiger partial charge in [-0.3, -0.25) is 20.2 Å². The lowest BCUT2D eigenvalue weighted by atomic mass is 10.2. The molecule has 0 radical (unpaired) electrons. The van der Waals surface area contributed by atoms with Crippen LogP contribution in [0.1, 0.15) is 11.1 Å². The molecule has 2 aromatic carbocycles. The Labute approximate surface area is 170 Å². The second-order valence-corrected chi connectivity index (χ2v) is 5.78.